The van der Waals surface area contributed by atoms with Crippen molar-refractivity contribution < 1.29 is 9.90 Å². The van der Waals surface area contributed by atoms with E-state index in [1.54, 1.807) is 0 Å². The number of rotatable bonds is 10. The summed E-state index contributed by atoms with van der Waals surface area (Å²) < 4.78 is 0. The number of aliphatic carboxylic acids is 1. The summed E-state index contributed by atoms with van der Waals surface area (Å²) in [6, 6.07) is 1.69. The van der Waals surface area contributed by atoms with E-state index >= 15 is 0 Å². The van der Waals surface area contributed by atoms with Crippen LogP contribution in [0, 0.1) is 0 Å². The summed E-state index contributed by atoms with van der Waals surface area (Å²) >= 11 is 0. The highest BCUT2D eigenvalue weighted by Gasteiger charge is 2.34. The molecule has 1 atom stereocenters. The molecule has 1 saturated carbocycles. The van der Waals surface area contributed by atoms with Crippen molar-refractivity contribution >= 4 is 5.97 Å². The van der Waals surface area contributed by atoms with E-state index in [0.717, 1.165) is 19.4 Å². The molecule has 0 aromatic carbocycles. The predicted molar refractivity (Wildman–Crippen MR) is 78.4 cm³/mol. The molecule has 1 unspecified atom stereocenters. The molecule has 0 heterocycles. The van der Waals surface area contributed by atoms with Gasteiger partial charge in [0, 0.05) is 18.1 Å². The van der Waals surface area contributed by atoms with Gasteiger partial charge in [-0.2, -0.15) is 0 Å². The van der Waals surface area contributed by atoms with Gasteiger partial charge in [0.1, 0.15) is 0 Å². The van der Waals surface area contributed by atoms with Gasteiger partial charge in [-0.1, -0.05) is 33.6 Å². The van der Waals surface area contributed by atoms with Crippen molar-refractivity contribution in [1.29, 1.82) is 0 Å². The van der Waals surface area contributed by atoms with E-state index in [0.29, 0.717) is 18.1 Å². The Hall–Kier alpha value is -0.610. The number of hydrogen-bond donors (Lipinski definition) is 2. The summed E-state index contributed by atoms with van der Waals surface area (Å²) in [6.07, 6.45) is 7.21. The van der Waals surface area contributed by atoms with Crippen LogP contribution < -0.4 is 5.32 Å². The summed E-state index contributed by atoms with van der Waals surface area (Å²) in [5.41, 5.74) is 0. The largest absolute Gasteiger partial charge is 0.480 e. The van der Waals surface area contributed by atoms with E-state index in [9.17, 15) is 4.79 Å². The molecule has 0 radical (unpaired) electrons. The second kappa shape index (κ2) is 8.54. The molecule has 4 nitrogen and oxygen atoms in total. The standard InChI is InChI=1S/C15H30N2O2/c1-4-7-8-12(5-2)16-13-9-14(10-13)17(6-3)11-15(18)19/h12-14,16H,4-11H2,1-3H3,(H,18,19). The van der Waals surface area contributed by atoms with Crippen LogP contribution in [0.25, 0.3) is 0 Å². The van der Waals surface area contributed by atoms with Gasteiger partial charge in [0.2, 0.25) is 0 Å². The van der Waals surface area contributed by atoms with Crippen molar-refractivity contribution in [2.24, 2.45) is 0 Å². The minimum absolute atomic E-state index is 0.181. The molecule has 0 aromatic heterocycles. The summed E-state index contributed by atoms with van der Waals surface area (Å²) in [5.74, 6) is -0.715. The Morgan fingerprint density at radius 1 is 1.37 bits per heavy atom. The molecule has 1 rings (SSSR count). The zero-order chi connectivity index (χ0) is 14.3. The molecule has 1 aliphatic carbocycles. The molecule has 0 saturated heterocycles. The van der Waals surface area contributed by atoms with Crippen LogP contribution in [0.4, 0.5) is 0 Å². The quantitative estimate of drug-likeness (QED) is 0.640. The van der Waals surface area contributed by atoms with Gasteiger partial charge in [-0.15, -0.1) is 0 Å². The fraction of sp³-hybridized carbons (Fsp3) is 0.933. The highest BCUT2D eigenvalue weighted by molar-refractivity contribution is 5.69. The molecule has 0 aromatic rings. The van der Waals surface area contributed by atoms with Crippen LogP contribution in [0.5, 0.6) is 0 Å². The van der Waals surface area contributed by atoms with Crippen molar-refractivity contribution in [3.63, 3.8) is 0 Å². The Bertz CT molecular complexity index is 265. The van der Waals surface area contributed by atoms with Crippen LogP contribution in [0.1, 0.15) is 59.3 Å². The van der Waals surface area contributed by atoms with E-state index in [-0.39, 0.29) is 6.54 Å². The number of nitrogens with one attached hydrogen (secondary N) is 1. The number of nitrogens with zero attached hydrogens (tertiary/aromatic N) is 1. The number of carbonyl (C=O) groups is 1. The van der Waals surface area contributed by atoms with Crippen molar-refractivity contribution in [3.05, 3.63) is 0 Å². The Morgan fingerprint density at radius 3 is 2.53 bits per heavy atom. The Balaban J connectivity index is 2.25. The maximum absolute atomic E-state index is 10.8. The van der Waals surface area contributed by atoms with Crippen LogP contribution in [-0.2, 0) is 4.79 Å². The van der Waals surface area contributed by atoms with E-state index in [1.807, 2.05) is 6.92 Å². The summed E-state index contributed by atoms with van der Waals surface area (Å²) in [7, 11) is 0. The number of hydrogen-bond acceptors (Lipinski definition) is 3. The summed E-state index contributed by atoms with van der Waals surface area (Å²) in [4.78, 5) is 12.9. The lowest BCUT2D eigenvalue weighted by Gasteiger charge is -2.43. The highest BCUT2D eigenvalue weighted by atomic mass is 16.4. The maximum atomic E-state index is 10.8. The van der Waals surface area contributed by atoms with Crippen LogP contribution in [-0.4, -0.2) is 47.2 Å². The van der Waals surface area contributed by atoms with E-state index < -0.39 is 5.97 Å². The second-order valence-electron chi connectivity index (χ2n) is 5.69. The molecule has 19 heavy (non-hydrogen) atoms. The lowest BCUT2D eigenvalue weighted by atomic mass is 9.84. The number of carboxylic acids is 1. The molecular weight excluding hydrogens is 240 g/mol. The van der Waals surface area contributed by atoms with Gasteiger partial charge in [0.25, 0.3) is 0 Å². The number of unbranched alkanes of at least 4 members (excludes halogenated alkanes) is 1. The number of carboxylic acid groups (broad SMARTS) is 1. The smallest absolute Gasteiger partial charge is 0.317 e. The first-order valence-corrected chi connectivity index (χ1v) is 7.82. The fourth-order valence-corrected chi connectivity index (χ4v) is 2.88. The third-order valence-electron chi connectivity index (χ3n) is 4.24. The molecule has 1 aliphatic rings. The molecular formula is C15H30N2O2. The average molecular weight is 270 g/mol. The molecule has 4 heteroatoms. The van der Waals surface area contributed by atoms with Gasteiger partial charge < -0.3 is 10.4 Å². The maximum Gasteiger partial charge on any atom is 0.317 e. The molecule has 0 spiro atoms. The Labute approximate surface area is 117 Å². The molecule has 0 amide bonds. The molecule has 1 fully saturated rings. The minimum atomic E-state index is -0.715. The lowest BCUT2D eigenvalue weighted by molar-refractivity contribution is -0.139. The molecule has 2 N–H and O–H groups in total. The lowest BCUT2D eigenvalue weighted by Crippen LogP contribution is -2.55. The zero-order valence-corrected chi connectivity index (χ0v) is 12.7. The normalized spacial score (nSPS) is 24.2. The van der Waals surface area contributed by atoms with Gasteiger partial charge in [0.15, 0.2) is 0 Å². The minimum Gasteiger partial charge on any atom is -0.480 e. The fourth-order valence-electron chi connectivity index (χ4n) is 2.88. The molecule has 112 valence electrons. The monoisotopic (exact) mass is 270 g/mol. The van der Waals surface area contributed by atoms with Gasteiger partial charge in [-0.25, -0.2) is 0 Å². The SMILES string of the molecule is CCCCC(CC)NC1CC(N(CC)CC(=O)O)C1. The molecule has 0 bridgehead atoms. The van der Waals surface area contributed by atoms with Gasteiger partial charge in [-0.3, -0.25) is 9.69 Å². The highest BCUT2D eigenvalue weighted by Crippen LogP contribution is 2.26. The molecule has 0 aliphatic heterocycles. The Kier molecular flexibility index (Phi) is 7.39. The first-order chi connectivity index (χ1) is 9.10. The van der Waals surface area contributed by atoms with Gasteiger partial charge in [-0.05, 0) is 32.2 Å². The van der Waals surface area contributed by atoms with Crippen molar-refractivity contribution in [3.8, 4) is 0 Å². The topological polar surface area (TPSA) is 52.6 Å². The Morgan fingerprint density at radius 2 is 2.05 bits per heavy atom. The van der Waals surface area contributed by atoms with Crippen molar-refractivity contribution in [2.45, 2.75) is 77.4 Å². The van der Waals surface area contributed by atoms with Crippen molar-refractivity contribution in [2.75, 3.05) is 13.1 Å². The average Bonchev–Trinajstić information content (AvgIpc) is 2.34. The van der Waals surface area contributed by atoms with Crippen LogP contribution in [0.3, 0.4) is 0 Å². The van der Waals surface area contributed by atoms with Crippen molar-refractivity contribution in [1.82, 2.24) is 10.2 Å². The third-order valence-corrected chi connectivity index (χ3v) is 4.24. The van der Waals surface area contributed by atoms with Crippen LogP contribution in [0.15, 0.2) is 0 Å². The van der Waals surface area contributed by atoms with E-state index in [4.69, 9.17) is 5.11 Å². The summed E-state index contributed by atoms with van der Waals surface area (Å²) in [6.45, 7) is 7.53. The number of likely N-dealkylation sites (N-methyl/N-ethyl adjacent to an activating group) is 1. The predicted octanol–water partition coefficient (Wildman–Crippen LogP) is 2.48. The third kappa shape index (κ3) is 5.49. The van der Waals surface area contributed by atoms with Gasteiger partial charge >= 0.3 is 5.97 Å². The summed E-state index contributed by atoms with van der Waals surface area (Å²) in [5, 5.41) is 12.6. The van der Waals surface area contributed by atoms with Crippen LogP contribution in [0.2, 0.25) is 0 Å². The first-order valence-electron chi connectivity index (χ1n) is 7.82. The van der Waals surface area contributed by atoms with Crippen LogP contribution >= 0.6 is 0 Å². The zero-order valence-electron chi connectivity index (χ0n) is 12.7. The first kappa shape index (κ1) is 16.4. The van der Waals surface area contributed by atoms with E-state index in [1.165, 1.54) is 25.7 Å². The second-order valence-corrected chi connectivity index (χ2v) is 5.69. The van der Waals surface area contributed by atoms with Gasteiger partial charge in [0.05, 0.1) is 6.54 Å². The van der Waals surface area contributed by atoms with E-state index in [2.05, 4.69) is 24.1 Å².